The lowest BCUT2D eigenvalue weighted by atomic mass is 10.2. The molecule has 0 saturated heterocycles. The Bertz CT molecular complexity index is 455. The molecule has 5 heteroatoms. The van der Waals surface area contributed by atoms with Gasteiger partial charge in [0.1, 0.15) is 11.4 Å². The Morgan fingerprint density at radius 2 is 2.00 bits per heavy atom. The maximum atomic E-state index is 12.0. The van der Waals surface area contributed by atoms with Crippen LogP contribution in [0, 0.1) is 0 Å². The van der Waals surface area contributed by atoms with Crippen LogP contribution in [-0.4, -0.2) is 37.4 Å². The third-order valence-electron chi connectivity index (χ3n) is 2.83. The molecule has 0 fully saturated rings. The molecule has 0 atom stereocenters. The highest BCUT2D eigenvalue weighted by atomic mass is 16.6. The molecule has 0 N–H and O–H groups in total. The van der Waals surface area contributed by atoms with Gasteiger partial charge in [0.25, 0.3) is 0 Å². The molecule has 0 unspecified atom stereocenters. The molecule has 0 radical (unpaired) electrons. The van der Waals surface area contributed by atoms with Crippen molar-refractivity contribution in [3.63, 3.8) is 0 Å². The number of carbonyl (C=O) groups excluding carboxylic acids is 1. The van der Waals surface area contributed by atoms with Gasteiger partial charge in [0.05, 0.1) is 0 Å². The fourth-order valence-electron chi connectivity index (χ4n) is 1.77. The van der Waals surface area contributed by atoms with Crippen LogP contribution in [-0.2, 0) is 15.9 Å². The van der Waals surface area contributed by atoms with E-state index in [1.807, 2.05) is 39.0 Å². The highest BCUT2D eigenvalue weighted by Crippen LogP contribution is 2.15. The Kier molecular flexibility index (Phi) is 6.62. The smallest absolute Gasteiger partial charge is 0.415 e. The maximum absolute atomic E-state index is 12.0. The average molecular weight is 294 g/mol. The normalized spacial score (nSPS) is 11.3. The summed E-state index contributed by atoms with van der Waals surface area (Å²) in [5.41, 5.74) is 0.460. The molecule has 1 amide bonds. The molecule has 1 aromatic heterocycles. The number of carbonyl (C=O) groups is 1. The van der Waals surface area contributed by atoms with Gasteiger partial charge < -0.3 is 9.47 Å². The second-order valence-corrected chi connectivity index (χ2v) is 5.98. The number of hydrogen-bond donors (Lipinski definition) is 0. The minimum absolute atomic E-state index is 0.397. The van der Waals surface area contributed by atoms with Crippen LogP contribution < -0.4 is 4.90 Å². The Hall–Kier alpha value is -1.62. The first-order valence-corrected chi connectivity index (χ1v) is 7.25. The second-order valence-electron chi connectivity index (χ2n) is 5.98. The third-order valence-corrected chi connectivity index (χ3v) is 2.83. The van der Waals surface area contributed by atoms with E-state index < -0.39 is 11.7 Å². The molecule has 0 saturated carbocycles. The third kappa shape index (κ3) is 6.58. The maximum Gasteiger partial charge on any atom is 0.415 e. The van der Waals surface area contributed by atoms with Gasteiger partial charge in [-0.05, 0) is 52.2 Å². The number of aryl methyl sites for hydroxylation is 1. The second kappa shape index (κ2) is 7.98. The van der Waals surface area contributed by atoms with E-state index in [4.69, 9.17) is 9.47 Å². The van der Waals surface area contributed by atoms with Gasteiger partial charge in [-0.2, -0.15) is 0 Å². The van der Waals surface area contributed by atoms with Crippen molar-refractivity contribution in [1.82, 2.24) is 4.98 Å². The Morgan fingerprint density at radius 1 is 1.29 bits per heavy atom. The van der Waals surface area contributed by atoms with Gasteiger partial charge in [-0.15, -0.1) is 0 Å². The van der Waals surface area contributed by atoms with Crippen molar-refractivity contribution >= 4 is 11.9 Å². The number of rotatable bonds is 6. The molecule has 21 heavy (non-hydrogen) atoms. The van der Waals surface area contributed by atoms with E-state index in [1.54, 1.807) is 14.2 Å². The number of anilines is 1. The highest BCUT2D eigenvalue weighted by Gasteiger charge is 2.21. The molecular weight excluding hydrogens is 268 g/mol. The van der Waals surface area contributed by atoms with Gasteiger partial charge in [0, 0.05) is 26.5 Å². The van der Waals surface area contributed by atoms with E-state index in [1.165, 1.54) is 4.90 Å². The van der Waals surface area contributed by atoms with Crippen LogP contribution in [0.1, 0.15) is 39.3 Å². The van der Waals surface area contributed by atoms with Crippen molar-refractivity contribution in [2.45, 2.75) is 45.6 Å². The minimum atomic E-state index is -0.511. The van der Waals surface area contributed by atoms with Gasteiger partial charge in [-0.1, -0.05) is 6.07 Å². The Morgan fingerprint density at radius 3 is 2.62 bits per heavy atom. The number of hydrogen-bond acceptors (Lipinski definition) is 4. The molecule has 0 aliphatic rings. The number of ether oxygens (including phenoxy) is 2. The van der Waals surface area contributed by atoms with Crippen molar-refractivity contribution in [3.8, 4) is 0 Å². The topological polar surface area (TPSA) is 51.7 Å². The summed E-state index contributed by atoms with van der Waals surface area (Å²) in [6.07, 6.45) is 2.50. The number of amides is 1. The van der Waals surface area contributed by atoms with Crippen LogP contribution in [0.4, 0.5) is 10.6 Å². The van der Waals surface area contributed by atoms with Gasteiger partial charge in [-0.25, -0.2) is 9.78 Å². The molecule has 5 nitrogen and oxygen atoms in total. The number of unbranched alkanes of at least 4 members (excludes halogenated alkanes) is 1. The summed E-state index contributed by atoms with van der Waals surface area (Å²) in [5.74, 6) is 0.605. The molecule has 1 aromatic rings. The largest absolute Gasteiger partial charge is 0.443 e. The zero-order valence-corrected chi connectivity index (χ0v) is 13.7. The average Bonchev–Trinajstić information content (AvgIpc) is 2.41. The number of aromatic nitrogens is 1. The molecule has 1 heterocycles. The summed E-state index contributed by atoms with van der Waals surface area (Å²) in [4.78, 5) is 18.0. The van der Waals surface area contributed by atoms with Crippen LogP contribution >= 0.6 is 0 Å². The Labute approximate surface area is 127 Å². The van der Waals surface area contributed by atoms with Crippen molar-refractivity contribution < 1.29 is 14.3 Å². The molecule has 0 spiro atoms. The van der Waals surface area contributed by atoms with Crippen molar-refractivity contribution in [2.24, 2.45) is 0 Å². The van der Waals surface area contributed by atoms with Crippen LogP contribution in [0.2, 0.25) is 0 Å². The minimum Gasteiger partial charge on any atom is -0.443 e. The summed E-state index contributed by atoms with van der Waals surface area (Å²) < 4.78 is 10.4. The molecule has 118 valence electrons. The fourth-order valence-corrected chi connectivity index (χ4v) is 1.77. The first kappa shape index (κ1) is 17.4. The van der Waals surface area contributed by atoms with Gasteiger partial charge >= 0.3 is 6.09 Å². The monoisotopic (exact) mass is 294 g/mol. The highest BCUT2D eigenvalue weighted by molar-refractivity contribution is 5.85. The van der Waals surface area contributed by atoms with Crippen molar-refractivity contribution in [1.29, 1.82) is 0 Å². The van der Waals surface area contributed by atoms with Crippen LogP contribution in [0.15, 0.2) is 18.2 Å². The predicted molar refractivity (Wildman–Crippen MR) is 83.7 cm³/mol. The molecular formula is C16H26N2O3. The van der Waals surface area contributed by atoms with E-state index in [9.17, 15) is 4.79 Å². The molecule has 0 aromatic carbocycles. The zero-order valence-electron chi connectivity index (χ0n) is 13.7. The fraction of sp³-hybridized carbons (Fsp3) is 0.625. The van der Waals surface area contributed by atoms with Gasteiger partial charge in [-0.3, -0.25) is 4.90 Å². The van der Waals surface area contributed by atoms with Crippen molar-refractivity contribution in [2.75, 3.05) is 25.7 Å². The van der Waals surface area contributed by atoms with E-state index in [0.29, 0.717) is 5.82 Å². The van der Waals surface area contributed by atoms with E-state index >= 15 is 0 Å². The van der Waals surface area contributed by atoms with E-state index in [0.717, 1.165) is 31.6 Å². The predicted octanol–water partition coefficient (Wildman–Crippen LogP) is 3.42. The summed E-state index contributed by atoms with van der Waals surface area (Å²) in [6.45, 7) is 6.30. The summed E-state index contributed by atoms with van der Waals surface area (Å²) >= 11 is 0. The quantitative estimate of drug-likeness (QED) is 0.754. The lowest BCUT2D eigenvalue weighted by Crippen LogP contribution is -2.34. The molecule has 0 aliphatic carbocycles. The molecule has 1 rings (SSSR count). The lowest BCUT2D eigenvalue weighted by Gasteiger charge is -2.24. The Balaban J connectivity index is 2.64. The lowest BCUT2D eigenvalue weighted by molar-refractivity contribution is 0.0588. The van der Waals surface area contributed by atoms with E-state index in [2.05, 4.69) is 4.98 Å². The number of pyridine rings is 1. The van der Waals surface area contributed by atoms with Gasteiger partial charge in [0.15, 0.2) is 0 Å². The van der Waals surface area contributed by atoms with Crippen molar-refractivity contribution in [3.05, 3.63) is 23.9 Å². The first-order chi connectivity index (χ1) is 9.83. The van der Waals surface area contributed by atoms with Crippen LogP contribution in [0.5, 0.6) is 0 Å². The standard InChI is InChI=1S/C16H26N2O3/c1-16(2,3)21-15(19)18(4)14-11-8-10-13(17-14)9-6-7-12-20-5/h8,10-11H,6-7,9,12H2,1-5H3. The number of methoxy groups -OCH3 is 1. The van der Waals surface area contributed by atoms with E-state index in [-0.39, 0.29) is 0 Å². The SMILES string of the molecule is COCCCCc1cccc(N(C)C(=O)OC(C)(C)C)n1. The molecule has 0 bridgehead atoms. The summed E-state index contributed by atoms with van der Waals surface area (Å²) in [5, 5.41) is 0. The van der Waals surface area contributed by atoms with Gasteiger partial charge in [0.2, 0.25) is 0 Å². The number of nitrogens with zero attached hydrogens (tertiary/aromatic N) is 2. The first-order valence-electron chi connectivity index (χ1n) is 7.25. The van der Waals surface area contributed by atoms with Crippen LogP contribution in [0.25, 0.3) is 0 Å². The van der Waals surface area contributed by atoms with Crippen LogP contribution in [0.3, 0.4) is 0 Å². The summed E-state index contributed by atoms with van der Waals surface area (Å²) in [6, 6.07) is 5.69. The summed E-state index contributed by atoms with van der Waals surface area (Å²) in [7, 11) is 3.37. The molecule has 0 aliphatic heterocycles. The zero-order chi connectivity index (χ0) is 15.9.